The van der Waals surface area contributed by atoms with Gasteiger partial charge in [-0.05, 0) is 31.7 Å². The van der Waals surface area contributed by atoms with Crippen molar-refractivity contribution in [1.29, 1.82) is 0 Å². The minimum atomic E-state index is -0.547. The number of rotatable bonds is 7. The highest BCUT2D eigenvalue weighted by Crippen LogP contribution is 2.46. The Kier molecular flexibility index (Phi) is 5.36. The molecule has 10 heteroatoms. The van der Waals surface area contributed by atoms with Gasteiger partial charge in [0.1, 0.15) is 0 Å². The van der Waals surface area contributed by atoms with Crippen LogP contribution in [0.2, 0.25) is 0 Å². The molecule has 10 nitrogen and oxygen atoms in total. The first kappa shape index (κ1) is 22.1. The van der Waals surface area contributed by atoms with E-state index in [2.05, 4.69) is 60.5 Å². The Labute approximate surface area is 187 Å². The normalized spacial score (nSPS) is 22.5. The SMILES string of the molecule is CC(C)CNc1nnc(-c2cc3c(NC4CCC(C)(N)C4(C)C)c(C(N)=O)cnn3c2)o1. The Morgan fingerprint density at radius 1 is 1.34 bits per heavy atom. The minimum Gasteiger partial charge on any atom is -0.403 e. The predicted octanol–water partition coefficient (Wildman–Crippen LogP) is 2.87. The average Bonchev–Trinajstić information content (AvgIpc) is 3.39. The molecule has 1 fully saturated rings. The third-order valence-electron chi connectivity index (χ3n) is 6.85. The summed E-state index contributed by atoms with van der Waals surface area (Å²) in [5.74, 6) is 0.265. The second-order valence-corrected chi connectivity index (χ2v) is 9.92. The summed E-state index contributed by atoms with van der Waals surface area (Å²) in [6.45, 7) is 11.3. The molecule has 2 atom stereocenters. The van der Waals surface area contributed by atoms with E-state index in [0.29, 0.717) is 40.2 Å². The lowest BCUT2D eigenvalue weighted by Gasteiger charge is -2.39. The third-order valence-corrected chi connectivity index (χ3v) is 6.85. The van der Waals surface area contributed by atoms with Crippen LogP contribution in [0.1, 0.15) is 57.8 Å². The van der Waals surface area contributed by atoms with E-state index in [-0.39, 0.29) is 17.0 Å². The van der Waals surface area contributed by atoms with Crippen LogP contribution < -0.4 is 22.1 Å². The predicted molar refractivity (Wildman–Crippen MR) is 123 cm³/mol. The minimum absolute atomic E-state index is 0.0652. The van der Waals surface area contributed by atoms with Gasteiger partial charge >= 0.3 is 6.01 Å². The van der Waals surface area contributed by atoms with Crippen LogP contribution in [0.25, 0.3) is 17.0 Å². The molecule has 0 aliphatic heterocycles. The van der Waals surface area contributed by atoms with Crippen molar-refractivity contribution in [3.05, 3.63) is 24.0 Å². The third kappa shape index (κ3) is 3.79. The largest absolute Gasteiger partial charge is 0.403 e. The molecule has 6 N–H and O–H groups in total. The van der Waals surface area contributed by atoms with Crippen LogP contribution in [-0.4, -0.2) is 43.8 Å². The number of nitrogens with two attached hydrogens (primary N) is 2. The number of aromatic nitrogens is 4. The van der Waals surface area contributed by atoms with Gasteiger partial charge in [-0.2, -0.15) is 5.10 Å². The molecule has 1 amide bonds. The lowest BCUT2D eigenvalue weighted by Crippen LogP contribution is -2.51. The summed E-state index contributed by atoms with van der Waals surface area (Å²) in [6, 6.07) is 2.30. The zero-order valence-electron chi connectivity index (χ0n) is 19.3. The van der Waals surface area contributed by atoms with Crippen molar-refractivity contribution < 1.29 is 9.21 Å². The molecule has 0 saturated heterocycles. The molecule has 1 aliphatic carbocycles. The quantitative estimate of drug-likeness (QED) is 0.438. The van der Waals surface area contributed by atoms with Crippen LogP contribution in [0.5, 0.6) is 0 Å². The zero-order chi connectivity index (χ0) is 23.3. The molecule has 1 aliphatic rings. The number of carbonyl (C=O) groups excluding carboxylic acids is 1. The number of nitrogens with one attached hydrogen (secondary N) is 2. The fourth-order valence-electron chi connectivity index (χ4n) is 4.17. The highest BCUT2D eigenvalue weighted by molar-refractivity contribution is 6.02. The first-order valence-electron chi connectivity index (χ1n) is 10.9. The molecule has 3 aromatic rings. The lowest BCUT2D eigenvalue weighted by molar-refractivity contribution is 0.100. The van der Waals surface area contributed by atoms with E-state index in [0.717, 1.165) is 19.4 Å². The molecule has 3 heterocycles. The van der Waals surface area contributed by atoms with Crippen molar-refractivity contribution in [3.8, 4) is 11.5 Å². The maximum Gasteiger partial charge on any atom is 0.315 e. The number of hydrogen-bond donors (Lipinski definition) is 4. The smallest absolute Gasteiger partial charge is 0.315 e. The van der Waals surface area contributed by atoms with E-state index in [1.807, 2.05) is 6.07 Å². The molecular formula is C22H32N8O2. The van der Waals surface area contributed by atoms with Gasteiger partial charge in [0.2, 0.25) is 0 Å². The Hall–Kier alpha value is -3.14. The lowest BCUT2D eigenvalue weighted by atomic mass is 9.75. The number of fused-ring (bicyclic) bond motifs is 1. The summed E-state index contributed by atoms with van der Waals surface area (Å²) in [4.78, 5) is 12.2. The van der Waals surface area contributed by atoms with Crippen LogP contribution in [0.3, 0.4) is 0 Å². The fraction of sp³-hybridized carbons (Fsp3) is 0.545. The van der Waals surface area contributed by atoms with E-state index < -0.39 is 5.91 Å². The van der Waals surface area contributed by atoms with Crippen molar-refractivity contribution in [1.82, 2.24) is 19.8 Å². The van der Waals surface area contributed by atoms with Crippen LogP contribution in [0, 0.1) is 11.3 Å². The van der Waals surface area contributed by atoms with Gasteiger partial charge in [0, 0.05) is 29.7 Å². The van der Waals surface area contributed by atoms with Crippen molar-refractivity contribution in [2.75, 3.05) is 17.2 Å². The highest BCUT2D eigenvalue weighted by Gasteiger charge is 2.49. The summed E-state index contributed by atoms with van der Waals surface area (Å²) in [5, 5.41) is 19.2. The van der Waals surface area contributed by atoms with E-state index in [1.54, 1.807) is 10.7 Å². The molecule has 2 unspecified atom stereocenters. The number of carbonyl (C=O) groups is 1. The Morgan fingerprint density at radius 2 is 2.09 bits per heavy atom. The number of nitrogens with zero attached hydrogens (tertiary/aromatic N) is 4. The zero-order valence-corrected chi connectivity index (χ0v) is 19.3. The summed E-state index contributed by atoms with van der Waals surface area (Å²) < 4.78 is 7.44. The standard InChI is InChI=1S/C22H32N8O2/c1-12(2)9-25-20-29-28-19(32-20)13-8-15-17(14(18(23)31)10-26-30(15)11-13)27-16-6-7-22(5,24)21(16,3)4/h8,10-12,16,27H,6-7,9,24H2,1-5H3,(H2,23,31)(H,25,29). The van der Waals surface area contributed by atoms with Gasteiger partial charge in [0.25, 0.3) is 11.8 Å². The summed E-state index contributed by atoms with van der Waals surface area (Å²) in [7, 11) is 0. The van der Waals surface area contributed by atoms with Crippen molar-refractivity contribution in [2.24, 2.45) is 22.8 Å². The van der Waals surface area contributed by atoms with Crippen molar-refractivity contribution >= 4 is 23.1 Å². The van der Waals surface area contributed by atoms with Crippen LogP contribution in [0.4, 0.5) is 11.7 Å². The maximum absolute atomic E-state index is 12.2. The Morgan fingerprint density at radius 3 is 2.72 bits per heavy atom. The maximum atomic E-state index is 12.2. The Balaban J connectivity index is 1.72. The number of amides is 1. The molecule has 1 saturated carbocycles. The van der Waals surface area contributed by atoms with E-state index in [4.69, 9.17) is 15.9 Å². The first-order chi connectivity index (χ1) is 15.0. The summed E-state index contributed by atoms with van der Waals surface area (Å²) in [5.41, 5.74) is 14.1. The molecule has 4 rings (SSSR count). The van der Waals surface area contributed by atoms with Crippen molar-refractivity contribution in [3.63, 3.8) is 0 Å². The Bertz CT molecular complexity index is 1140. The van der Waals surface area contributed by atoms with E-state index in [1.165, 1.54) is 6.20 Å². The van der Waals surface area contributed by atoms with Crippen LogP contribution in [0.15, 0.2) is 22.9 Å². The second kappa shape index (κ2) is 7.77. The van der Waals surface area contributed by atoms with Gasteiger partial charge in [-0.3, -0.25) is 4.79 Å². The molecule has 0 radical (unpaired) electrons. The first-order valence-corrected chi connectivity index (χ1v) is 10.9. The molecular weight excluding hydrogens is 408 g/mol. The average molecular weight is 441 g/mol. The van der Waals surface area contributed by atoms with Crippen LogP contribution in [-0.2, 0) is 0 Å². The van der Waals surface area contributed by atoms with E-state index >= 15 is 0 Å². The van der Waals surface area contributed by atoms with Gasteiger partial charge < -0.3 is 26.5 Å². The van der Waals surface area contributed by atoms with Gasteiger partial charge in [-0.25, -0.2) is 4.52 Å². The second-order valence-electron chi connectivity index (χ2n) is 9.92. The molecule has 32 heavy (non-hydrogen) atoms. The van der Waals surface area contributed by atoms with E-state index in [9.17, 15) is 4.79 Å². The molecule has 0 spiro atoms. The van der Waals surface area contributed by atoms with Crippen LogP contribution >= 0.6 is 0 Å². The summed E-state index contributed by atoms with van der Waals surface area (Å²) in [6.07, 6.45) is 5.03. The van der Waals surface area contributed by atoms with Gasteiger partial charge in [-0.1, -0.05) is 32.8 Å². The molecule has 172 valence electrons. The van der Waals surface area contributed by atoms with Gasteiger partial charge in [0.05, 0.1) is 28.5 Å². The molecule has 0 bridgehead atoms. The molecule has 0 aromatic carbocycles. The molecule has 3 aromatic heterocycles. The fourth-order valence-corrected chi connectivity index (χ4v) is 4.17. The van der Waals surface area contributed by atoms with Crippen molar-refractivity contribution in [2.45, 2.75) is 59.0 Å². The number of primary amides is 1. The monoisotopic (exact) mass is 440 g/mol. The number of anilines is 2. The topological polar surface area (TPSA) is 149 Å². The van der Waals surface area contributed by atoms with Gasteiger partial charge in [0.15, 0.2) is 0 Å². The highest BCUT2D eigenvalue weighted by atomic mass is 16.4. The number of hydrogen-bond acceptors (Lipinski definition) is 8. The summed E-state index contributed by atoms with van der Waals surface area (Å²) >= 11 is 0. The van der Waals surface area contributed by atoms with Gasteiger partial charge in [-0.15, -0.1) is 5.10 Å².